The Hall–Kier alpha value is -7.06. The minimum Gasteiger partial charge on any atom is -0.391 e. The molecule has 1 aliphatic carbocycles. The zero-order valence-corrected chi connectivity index (χ0v) is 44.6. The van der Waals surface area contributed by atoms with Gasteiger partial charge < -0.3 is 35.8 Å². The molecule has 9 rings (SSSR count). The second-order valence-corrected chi connectivity index (χ2v) is 22.4. The second kappa shape index (κ2) is 23.9. The number of aromatic nitrogens is 6. The van der Waals surface area contributed by atoms with Gasteiger partial charge in [-0.1, -0.05) is 77.1 Å². The van der Waals surface area contributed by atoms with Gasteiger partial charge in [0.05, 0.1) is 51.7 Å². The molecule has 0 bridgehead atoms. The fourth-order valence-electron chi connectivity index (χ4n) is 10.1. The number of aromatic amines is 1. The smallest absolute Gasteiger partial charge is 0.254 e. The standard InChI is InChI=1S/C56H69FN12O6S/c1-35-49(76-34-60-35)38-16-14-36(15-17-38)28-59-53(73)45-27-41(70)32-69(45)55(75)50(56(2,3)4)65-47(71)12-10-8-6-5-7-9-11-13-48(72)66-22-24-67(25-23-66)54(74)39-20-21-43(42(57)26-39)63-51-52-58-31-46(40-29-61-62-30-40)68(52)33-44(64-51)37-18-19-37/h14-17,20-21,26,29-31,33-34,37,41,45,50,70H,5-13,18-19,22-25,27-28,32H2,1-4H3,(H,59,73)(H,61,62)(H,63,64)(H,65,71)/t41-,45+,50-/m1/s1. The first-order valence-corrected chi connectivity index (χ1v) is 27.5. The van der Waals surface area contributed by atoms with Crippen LogP contribution in [0.25, 0.3) is 27.3 Å². The number of hydrogen-bond donors (Lipinski definition) is 5. The average molecular weight is 1060 g/mol. The van der Waals surface area contributed by atoms with Gasteiger partial charge in [0.15, 0.2) is 11.5 Å². The van der Waals surface area contributed by atoms with E-state index in [4.69, 9.17) is 4.98 Å². The lowest BCUT2D eigenvalue weighted by molar-refractivity contribution is -0.144. The molecule has 76 heavy (non-hydrogen) atoms. The van der Waals surface area contributed by atoms with E-state index < -0.39 is 29.4 Å². The molecule has 0 unspecified atom stereocenters. The van der Waals surface area contributed by atoms with E-state index in [9.17, 15) is 29.1 Å². The summed E-state index contributed by atoms with van der Waals surface area (Å²) in [6, 6.07) is 10.6. The highest BCUT2D eigenvalue weighted by Crippen LogP contribution is 2.41. The first kappa shape index (κ1) is 53.8. The number of nitrogens with one attached hydrogen (secondary N) is 4. The molecule has 0 radical (unpaired) electrons. The van der Waals surface area contributed by atoms with Crippen LogP contribution in [0, 0.1) is 18.2 Å². The predicted octanol–water partition coefficient (Wildman–Crippen LogP) is 7.92. The molecule has 3 aliphatic rings. The molecule has 4 aromatic heterocycles. The third-order valence-corrected chi connectivity index (χ3v) is 15.7. The van der Waals surface area contributed by atoms with Gasteiger partial charge in [0.2, 0.25) is 23.6 Å². The van der Waals surface area contributed by atoms with Gasteiger partial charge in [-0.2, -0.15) is 5.10 Å². The lowest BCUT2D eigenvalue weighted by Gasteiger charge is -2.35. The number of aliphatic hydroxyl groups excluding tert-OH is 1. The zero-order chi connectivity index (χ0) is 53.5. The number of fused-ring (bicyclic) bond motifs is 1. The van der Waals surface area contributed by atoms with Crippen molar-refractivity contribution in [1.82, 2.24) is 54.9 Å². The summed E-state index contributed by atoms with van der Waals surface area (Å²) >= 11 is 1.58. The summed E-state index contributed by atoms with van der Waals surface area (Å²) in [4.78, 5) is 87.1. The fourth-order valence-corrected chi connectivity index (χ4v) is 10.9. The third-order valence-electron chi connectivity index (χ3n) is 14.7. The molecular weight excluding hydrogens is 988 g/mol. The maximum Gasteiger partial charge on any atom is 0.254 e. The van der Waals surface area contributed by atoms with Crippen molar-refractivity contribution in [1.29, 1.82) is 0 Å². The normalized spacial score (nSPS) is 17.3. The van der Waals surface area contributed by atoms with Crippen molar-refractivity contribution >= 4 is 58.0 Å². The van der Waals surface area contributed by atoms with Gasteiger partial charge in [-0.25, -0.2) is 19.3 Å². The van der Waals surface area contributed by atoms with Crippen LogP contribution in [0.2, 0.25) is 0 Å². The van der Waals surface area contributed by atoms with Gasteiger partial charge in [-0.05, 0) is 67.3 Å². The number of nitrogens with zero attached hydrogens (tertiary/aromatic N) is 8. The Bertz CT molecular complexity index is 3010. The molecule has 3 atom stereocenters. The van der Waals surface area contributed by atoms with Crippen LogP contribution < -0.4 is 16.0 Å². The SMILES string of the molecule is Cc1ncsc1-c1ccc(CNC(=O)[C@@H]2C[C@@H](O)CN2C(=O)[C@@H](NC(=O)CCCCCCCCCC(=O)N2CCN(C(=O)c3ccc(Nc4nc(C5CC5)cn5c(-c6cn[nH]c6)cnc45)c(F)c3)CC2)C(C)(C)C)cc1. The maximum absolute atomic E-state index is 15.7. The van der Waals surface area contributed by atoms with E-state index in [1.54, 1.807) is 51.9 Å². The summed E-state index contributed by atoms with van der Waals surface area (Å²) in [6.07, 6.45) is 15.3. The number of thiazole rings is 1. The molecule has 20 heteroatoms. The second-order valence-electron chi connectivity index (χ2n) is 21.5. The van der Waals surface area contributed by atoms with Crippen molar-refractivity contribution < 1.29 is 33.5 Å². The Morgan fingerprint density at radius 1 is 0.882 bits per heavy atom. The average Bonchev–Trinajstić information content (AvgIpc) is 3.78. The number of imidazole rings is 1. The number of hydrogen-bond acceptors (Lipinski definition) is 12. The largest absolute Gasteiger partial charge is 0.391 e. The molecule has 5 amide bonds. The van der Waals surface area contributed by atoms with Gasteiger partial charge in [-0.15, -0.1) is 11.3 Å². The van der Waals surface area contributed by atoms with E-state index in [0.29, 0.717) is 56.4 Å². The van der Waals surface area contributed by atoms with Crippen molar-refractivity contribution in [2.75, 3.05) is 38.0 Å². The van der Waals surface area contributed by atoms with E-state index in [1.165, 1.54) is 11.0 Å². The summed E-state index contributed by atoms with van der Waals surface area (Å²) in [5.74, 6) is -1.01. The predicted molar refractivity (Wildman–Crippen MR) is 288 cm³/mol. The summed E-state index contributed by atoms with van der Waals surface area (Å²) in [5.41, 5.74) is 7.65. The minimum absolute atomic E-state index is 0.0123. The number of amides is 5. The van der Waals surface area contributed by atoms with Crippen LogP contribution in [0.5, 0.6) is 0 Å². The first-order chi connectivity index (χ1) is 36.6. The Kier molecular flexibility index (Phi) is 16.9. The van der Waals surface area contributed by atoms with E-state index in [0.717, 1.165) is 90.0 Å². The number of unbranched alkanes of at least 4 members (excludes halogenated alkanes) is 6. The van der Waals surface area contributed by atoms with Crippen LogP contribution in [0.1, 0.15) is 131 Å². The third kappa shape index (κ3) is 12.9. The quantitative estimate of drug-likeness (QED) is 0.0436. The number of β-amino-alcohol motifs (C(OH)–C–C–N with tert-alkyl or cyclic N) is 1. The first-order valence-electron chi connectivity index (χ1n) is 26.7. The zero-order valence-electron chi connectivity index (χ0n) is 43.8. The molecule has 2 saturated heterocycles. The van der Waals surface area contributed by atoms with E-state index in [2.05, 4.69) is 36.1 Å². The summed E-state index contributed by atoms with van der Waals surface area (Å²) in [7, 11) is 0. The number of H-pyrrole nitrogens is 1. The van der Waals surface area contributed by atoms with Crippen molar-refractivity contribution in [3.05, 3.63) is 101 Å². The van der Waals surface area contributed by atoms with Crippen molar-refractivity contribution in [3.63, 3.8) is 0 Å². The number of likely N-dealkylation sites (tertiary alicyclic amines) is 1. The number of carbonyl (C=O) groups is 5. The van der Waals surface area contributed by atoms with Crippen molar-refractivity contribution in [2.24, 2.45) is 5.41 Å². The fraction of sp³-hybridized carbons (Fsp3) is 0.482. The van der Waals surface area contributed by atoms with Crippen LogP contribution in [-0.2, 0) is 25.7 Å². The van der Waals surface area contributed by atoms with Crippen LogP contribution in [0.15, 0.2) is 72.8 Å². The van der Waals surface area contributed by atoms with E-state index in [1.807, 2.05) is 68.1 Å². The molecule has 6 aromatic rings. The van der Waals surface area contributed by atoms with Gasteiger partial charge >= 0.3 is 0 Å². The van der Waals surface area contributed by atoms with Crippen molar-refractivity contribution in [2.45, 2.75) is 135 Å². The number of anilines is 2. The van der Waals surface area contributed by atoms with Gasteiger partial charge in [0, 0.05) is 88.0 Å². The molecule has 18 nitrogen and oxygen atoms in total. The van der Waals surface area contributed by atoms with Gasteiger partial charge in [0.25, 0.3) is 5.91 Å². The highest BCUT2D eigenvalue weighted by atomic mass is 32.1. The molecule has 1 saturated carbocycles. The van der Waals surface area contributed by atoms with Gasteiger partial charge in [-0.3, -0.25) is 33.5 Å². The van der Waals surface area contributed by atoms with Gasteiger partial charge in [0.1, 0.15) is 17.9 Å². The Labute approximate surface area is 446 Å². The van der Waals surface area contributed by atoms with E-state index in [-0.39, 0.29) is 66.7 Å². The Morgan fingerprint density at radius 3 is 2.25 bits per heavy atom. The number of rotatable bonds is 21. The molecule has 2 aliphatic heterocycles. The molecule has 2 aromatic carbocycles. The molecular formula is C56H69FN12O6S. The lowest BCUT2D eigenvalue weighted by atomic mass is 9.85. The molecule has 5 N–H and O–H groups in total. The Balaban J connectivity index is 0.648. The maximum atomic E-state index is 15.7. The summed E-state index contributed by atoms with van der Waals surface area (Å²) in [6.45, 7) is 9.43. The topological polar surface area (TPSA) is 223 Å². The Morgan fingerprint density at radius 2 is 1.59 bits per heavy atom. The highest BCUT2D eigenvalue weighted by molar-refractivity contribution is 7.13. The summed E-state index contributed by atoms with van der Waals surface area (Å²) in [5, 5.41) is 26.5. The van der Waals surface area contributed by atoms with Crippen LogP contribution in [0.4, 0.5) is 15.9 Å². The number of benzene rings is 2. The van der Waals surface area contributed by atoms with Crippen LogP contribution in [-0.4, -0.2) is 130 Å². The van der Waals surface area contributed by atoms with Crippen LogP contribution in [0.3, 0.4) is 0 Å². The lowest BCUT2D eigenvalue weighted by Crippen LogP contribution is -2.57. The number of aliphatic hydroxyl groups is 1. The highest BCUT2D eigenvalue weighted by Gasteiger charge is 2.44. The number of piperazine rings is 1. The monoisotopic (exact) mass is 1060 g/mol. The molecule has 0 spiro atoms. The molecule has 6 heterocycles. The van der Waals surface area contributed by atoms with Crippen molar-refractivity contribution in [3.8, 4) is 21.7 Å². The number of aryl methyl sites for hydroxylation is 1. The van der Waals surface area contributed by atoms with Crippen LogP contribution >= 0.6 is 11.3 Å². The molecule has 3 fully saturated rings. The summed E-state index contributed by atoms with van der Waals surface area (Å²) < 4.78 is 17.6. The minimum atomic E-state index is -0.880. The molecule has 402 valence electrons. The van der Waals surface area contributed by atoms with E-state index >= 15 is 4.39 Å². The number of halogens is 1. The number of carbonyl (C=O) groups excluding carboxylic acids is 5.